The lowest BCUT2D eigenvalue weighted by Gasteiger charge is -2.12. The Labute approximate surface area is 115 Å². The van der Waals surface area contributed by atoms with Gasteiger partial charge in [0.05, 0.1) is 12.8 Å². The van der Waals surface area contributed by atoms with Crippen molar-refractivity contribution in [2.75, 3.05) is 7.11 Å². The highest BCUT2D eigenvalue weighted by molar-refractivity contribution is 7.17. The molecule has 0 aliphatic rings. The summed E-state index contributed by atoms with van der Waals surface area (Å²) in [6.07, 6.45) is -0.738. The third kappa shape index (κ3) is 2.20. The van der Waals surface area contributed by atoms with Crippen molar-refractivity contribution in [3.63, 3.8) is 0 Å². The van der Waals surface area contributed by atoms with Crippen molar-refractivity contribution in [2.45, 2.75) is 6.10 Å². The summed E-state index contributed by atoms with van der Waals surface area (Å²) in [5, 5.41) is 13.7. The molecular weight excluding hydrogens is 258 g/mol. The highest BCUT2D eigenvalue weighted by Crippen LogP contribution is 2.32. The molecule has 0 saturated heterocycles. The van der Waals surface area contributed by atoms with E-state index in [2.05, 4.69) is 11.1 Å². The number of thiophene rings is 1. The van der Waals surface area contributed by atoms with Gasteiger partial charge in [0, 0.05) is 16.3 Å². The highest BCUT2D eigenvalue weighted by atomic mass is 32.1. The fourth-order valence-corrected chi connectivity index (χ4v) is 3.03. The van der Waals surface area contributed by atoms with E-state index in [1.807, 2.05) is 29.6 Å². The van der Waals surface area contributed by atoms with Crippen molar-refractivity contribution < 1.29 is 9.84 Å². The molecule has 0 saturated carbocycles. The molecule has 0 aliphatic heterocycles. The molecule has 0 spiro atoms. The summed E-state index contributed by atoms with van der Waals surface area (Å²) < 4.78 is 6.19. The summed E-state index contributed by atoms with van der Waals surface area (Å²) in [5.41, 5.74) is 1.48. The minimum atomic E-state index is -0.738. The largest absolute Gasteiger partial charge is 0.481 e. The second-order valence-electron chi connectivity index (χ2n) is 4.19. The van der Waals surface area contributed by atoms with Gasteiger partial charge in [-0.2, -0.15) is 0 Å². The van der Waals surface area contributed by atoms with Crippen LogP contribution in [0.1, 0.15) is 17.4 Å². The minimum absolute atomic E-state index is 0.509. The lowest BCUT2D eigenvalue weighted by molar-refractivity contribution is 0.215. The van der Waals surface area contributed by atoms with E-state index in [0.29, 0.717) is 11.6 Å². The van der Waals surface area contributed by atoms with Crippen LogP contribution in [0.25, 0.3) is 10.1 Å². The Hall–Kier alpha value is -1.91. The first kappa shape index (κ1) is 12.1. The molecule has 0 radical (unpaired) electrons. The first-order valence-corrected chi connectivity index (χ1v) is 6.82. The Morgan fingerprint density at radius 3 is 2.84 bits per heavy atom. The Bertz CT molecular complexity index is 708. The number of aliphatic hydroxyl groups excluding tert-OH is 1. The maximum atomic E-state index is 10.5. The van der Waals surface area contributed by atoms with Gasteiger partial charge in [0.15, 0.2) is 0 Å². The van der Waals surface area contributed by atoms with Gasteiger partial charge < -0.3 is 9.84 Å². The van der Waals surface area contributed by atoms with E-state index in [0.717, 1.165) is 15.6 Å². The third-order valence-electron chi connectivity index (χ3n) is 3.04. The predicted molar refractivity (Wildman–Crippen MR) is 76.7 cm³/mol. The smallest absolute Gasteiger partial charge is 0.213 e. The van der Waals surface area contributed by atoms with Gasteiger partial charge in [-0.25, -0.2) is 4.98 Å². The molecule has 0 bridgehead atoms. The second-order valence-corrected chi connectivity index (χ2v) is 5.11. The quantitative estimate of drug-likeness (QED) is 0.794. The first-order chi connectivity index (χ1) is 9.29. The van der Waals surface area contributed by atoms with E-state index in [4.69, 9.17) is 4.74 Å². The van der Waals surface area contributed by atoms with Crippen LogP contribution in [0.15, 0.2) is 47.8 Å². The Morgan fingerprint density at radius 2 is 2.00 bits per heavy atom. The van der Waals surface area contributed by atoms with Gasteiger partial charge in [0.2, 0.25) is 5.88 Å². The minimum Gasteiger partial charge on any atom is -0.481 e. The van der Waals surface area contributed by atoms with Crippen LogP contribution in [0.5, 0.6) is 5.88 Å². The second kappa shape index (κ2) is 4.99. The standard InChI is InChI=1S/C15H13NO2S/c1-18-13-7-3-6-12(16-13)14(17)11-5-2-4-10-8-9-19-15(10)11/h2-9,14,17H,1H3. The summed E-state index contributed by atoms with van der Waals surface area (Å²) in [6.45, 7) is 0. The molecule has 0 amide bonds. The Balaban J connectivity index is 2.07. The summed E-state index contributed by atoms with van der Waals surface area (Å²) in [5.74, 6) is 0.509. The zero-order valence-electron chi connectivity index (χ0n) is 10.4. The Kier molecular flexibility index (Phi) is 3.19. The zero-order chi connectivity index (χ0) is 13.2. The van der Waals surface area contributed by atoms with Crippen molar-refractivity contribution in [2.24, 2.45) is 0 Å². The lowest BCUT2D eigenvalue weighted by atomic mass is 10.0. The van der Waals surface area contributed by atoms with Crippen molar-refractivity contribution in [1.29, 1.82) is 0 Å². The SMILES string of the molecule is COc1cccc(C(O)c2cccc3ccsc23)n1. The normalized spacial score (nSPS) is 12.5. The molecular formula is C15H13NO2S. The van der Waals surface area contributed by atoms with Gasteiger partial charge in [-0.3, -0.25) is 0 Å². The number of aromatic nitrogens is 1. The number of ether oxygens (including phenoxy) is 1. The van der Waals surface area contributed by atoms with Gasteiger partial charge in [-0.05, 0) is 22.9 Å². The molecule has 1 atom stereocenters. The van der Waals surface area contributed by atoms with Crippen LogP contribution in [0, 0.1) is 0 Å². The average Bonchev–Trinajstić information content (AvgIpc) is 2.95. The van der Waals surface area contributed by atoms with Crippen LogP contribution in [0.2, 0.25) is 0 Å². The fraction of sp³-hybridized carbons (Fsp3) is 0.133. The van der Waals surface area contributed by atoms with E-state index in [-0.39, 0.29) is 0 Å². The molecule has 1 unspecified atom stereocenters. The van der Waals surface area contributed by atoms with E-state index in [1.165, 1.54) is 0 Å². The molecule has 3 nitrogen and oxygen atoms in total. The number of aliphatic hydroxyl groups is 1. The number of nitrogens with zero attached hydrogens (tertiary/aromatic N) is 1. The van der Waals surface area contributed by atoms with Gasteiger partial charge in [-0.15, -0.1) is 11.3 Å². The number of hydrogen-bond donors (Lipinski definition) is 1. The molecule has 2 heterocycles. The van der Waals surface area contributed by atoms with Gasteiger partial charge in [0.25, 0.3) is 0 Å². The van der Waals surface area contributed by atoms with Crippen molar-refractivity contribution in [1.82, 2.24) is 4.98 Å². The van der Waals surface area contributed by atoms with E-state index in [9.17, 15) is 5.11 Å². The van der Waals surface area contributed by atoms with Crippen LogP contribution in [-0.4, -0.2) is 17.2 Å². The first-order valence-electron chi connectivity index (χ1n) is 5.95. The summed E-state index contributed by atoms with van der Waals surface area (Å²) in [4.78, 5) is 4.29. The third-order valence-corrected chi connectivity index (χ3v) is 4.02. The molecule has 1 aromatic carbocycles. The molecule has 19 heavy (non-hydrogen) atoms. The molecule has 3 aromatic rings. The summed E-state index contributed by atoms with van der Waals surface area (Å²) >= 11 is 1.63. The van der Waals surface area contributed by atoms with Crippen molar-refractivity contribution in [3.8, 4) is 5.88 Å². The summed E-state index contributed by atoms with van der Waals surface area (Å²) in [7, 11) is 1.57. The predicted octanol–water partition coefficient (Wildman–Crippen LogP) is 3.39. The van der Waals surface area contributed by atoms with E-state index < -0.39 is 6.10 Å². The topological polar surface area (TPSA) is 42.4 Å². The fourth-order valence-electron chi connectivity index (χ4n) is 2.09. The number of methoxy groups -OCH3 is 1. The molecule has 0 fully saturated rings. The van der Waals surface area contributed by atoms with Gasteiger partial charge in [0.1, 0.15) is 6.10 Å². The van der Waals surface area contributed by atoms with Crippen LogP contribution in [-0.2, 0) is 0 Å². The average molecular weight is 271 g/mol. The van der Waals surface area contributed by atoms with Crippen LogP contribution in [0.3, 0.4) is 0 Å². The van der Waals surface area contributed by atoms with E-state index >= 15 is 0 Å². The number of fused-ring (bicyclic) bond motifs is 1. The highest BCUT2D eigenvalue weighted by Gasteiger charge is 2.16. The molecule has 0 aliphatic carbocycles. The number of benzene rings is 1. The summed E-state index contributed by atoms with van der Waals surface area (Å²) in [6, 6.07) is 13.4. The monoisotopic (exact) mass is 271 g/mol. The molecule has 3 rings (SSSR count). The number of hydrogen-bond acceptors (Lipinski definition) is 4. The van der Waals surface area contributed by atoms with Gasteiger partial charge >= 0.3 is 0 Å². The van der Waals surface area contributed by atoms with Crippen molar-refractivity contribution in [3.05, 3.63) is 59.1 Å². The number of pyridine rings is 1. The van der Waals surface area contributed by atoms with Crippen LogP contribution < -0.4 is 4.74 Å². The van der Waals surface area contributed by atoms with Gasteiger partial charge in [-0.1, -0.05) is 24.3 Å². The lowest BCUT2D eigenvalue weighted by Crippen LogP contribution is -2.03. The molecule has 96 valence electrons. The molecule has 2 aromatic heterocycles. The van der Waals surface area contributed by atoms with Crippen LogP contribution in [0.4, 0.5) is 0 Å². The van der Waals surface area contributed by atoms with E-state index in [1.54, 1.807) is 30.6 Å². The Morgan fingerprint density at radius 1 is 1.16 bits per heavy atom. The maximum Gasteiger partial charge on any atom is 0.213 e. The molecule has 1 N–H and O–H groups in total. The maximum absolute atomic E-state index is 10.5. The molecule has 4 heteroatoms. The number of rotatable bonds is 3. The van der Waals surface area contributed by atoms with Crippen molar-refractivity contribution >= 4 is 21.4 Å². The zero-order valence-corrected chi connectivity index (χ0v) is 11.2. The van der Waals surface area contributed by atoms with Crippen LogP contribution >= 0.6 is 11.3 Å².